The van der Waals surface area contributed by atoms with Gasteiger partial charge < -0.3 is 9.80 Å². The molecule has 1 amide bonds. The van der Waals surface area contributed by atoms with Gasteiger partial charge in [0.15, 0.2) is 0 Å². The van der Waals surface area contributed by atoms with E-state index in [9.17, 15) is 4.79 Å². The van der Waals surface area contributed by atoms with E-state index in [-0.39, 0.29) is 11.9 Å². The number of carbonyl (C=O) groups excluding carboxylic acids is 1. The van der Waals surface area contributed by atoms with Crippen molar-refractivity contribution >= 4 is 22.9 Å². The van der Waals surface area contributed by atoms with Gasteiger partial charge in [-0.1, -0.05) is 30.3 Å². The summed E-state index contributed by atoms with van der Waals surface area (Å²) in [6, 6.07) is 21.4. The van der Waals surface area contributed by atoms with Gasteiger partial charge in [-0.3, -0.25) is 4.79 Å². The number of benzene rings is 2. The van der Waals surface area contributed by atoms with Crippen LogP contribution in [0.2, 0.25) is 0 Å². The van der Waals surface area contributed by atoms with E-state index >= 15 is 0 Å². The van der Waals surface area contributed by atoms with Crippen molar-refractivity contribution in [2.45, 2.75) is 39.7 Å². The minimum Gasteiger partial charge on any atom is -0.365 e. The van der Waals surface area contributed by atoms with Crippen LogP contribution in [0.25, 0.3) is 16.1 Å². The number of nitrogens with zero attached hydrogens (tertiary/aromatic N) is 4. The van der Waals surface area contributed by atoms with Crippen molar-refractivity contribution in [3.63, 3.8) is 0 Å². The first-order valence-electron chi connectivity index (χ1n) is 12.4. The van der Waals surface area contributed by atoms with Gasteiger partial charge >= 0.3 is 0 Å². The first-order valence-corrected chi connectivity index (χ1v) is 13.2. The standard InChI is InChI=1S/C29H30N4OS/c1-19-8-7-11-24(16-19)32-15-14-31(18-20(32)2)29(34)26-17-22-12-13-25-27(28(22)35-26)21(3)30-33(25)23-9-5-4-6-10-23/h4-11,16-17,20H,12-15,18H2,1-3H3/t20-/m1/s1. The fourth-order valence-electron chi connectivity index (χ4n) is 5.56. The van der Waals surface area contributed by atoms with E-state index in [1.165, 1.54) is 32.9 Å². The van der Waals surface area contributed by atoms with Gasteiger partial charge in [-0.25, -0.2) is 4.68 Å². The second-order valence-electron chi connectivity index (χ2n) is 9.75. The number of aryl methyl sites for hydroxylation is 3. The van der Waals surface area contributed by atoms with Gasteiger partial charge in [0, 0.05) is 41.8 Å². The summed E-state index contributed by atoms with van der Waals surface area (Å²) in [7, 11) is 0. The Kier molecular flexibility index (Phi) is 5.49. The third kappa shape index (κ3) is 3.86. The summed E-state index contributed by atoms with van der Waals surface area (Å²) in [5.74, 6) is 0.162. The lowest BCUT2D eigenvalue weighted by Crippen LogP contribution is -2.53. The molecule has 3 heterocycles. The number of thiophene rings is 1. The Morgan fingerprint density at radius 1 is 0.971 bits per heavy atom. The van der Waals surface area contributed by atoms with Crippen LogP contribution in [-0.4, -0.2) is 46.3 Å². The number of para-hydroxylation sites is 1. The molecule has 6 rings (SSSR count). The lowest BCUT2D eigenvalue weighted by molar-refractivity contribution is 0.0731. The molecule has 5 nitrogen and oxygen atoms in total. The zero-order chi connectivity index (χ0) is 24.1. The third-order valence-corrected chi connectivity index (χ3v) is 8.47. The maximum absolute atomic E-state index is 13.6. The molecular formula is C29H30N4OS. The van der Waals surface area contributed by atoms with Crippen molar-refractivity contribution in [2.24, 2.45) is 0 Å². The van der Waals surface area contributed by atoms with E-state index in [1.807, 2.05) is 11.0 Å². The van der Waals surface area contributed by atoms with Gasteiger partial charge in [0.05, 0.1) is 22.0 Å². The largest absolute Gasteiger partial charge is 0.365 e. The van der Waals surface area contributed by atoms with Crippen LogP contribution in [-0.2, 0) is 12.8 Å². The normalized spacial score (nSPS) is 17.3. The SMILES string of the molecule is Cc1cccc(N2CCN(C(=O)c3cc4c(s3)-c3c(C)nn(-c5ccccc5)c3CC4)C[C@H]2C)c1. The molecule has 0 N–H and O–H groups in total. The molecule has 2 aliphatic rings. The van der Waals surface area contributed by atoms with E-state index in [0.717, 1.165) is 48.7 Å². The Morgan fingerprint density at radius 3 is 2.54 bits per heavy atom. The van der Waals surface area contributed by atoms with Crippen LogP contribution in [0, 0.1) is 13.8 Å². The van der Waals surface area contributed by atoms with Gasteiger partial charge in [-0.05, 0) is 75.1 Å². The van der Waals surface area contributed by atoms with Gasteiger partial charge in [-0.15, -0.1) is 11.3 Å². The third-order valence-electron chi connectivity index (χ3n) is 7.28. The number of fused-ring (bicyclic) bond motifs is 3. The Labute approximate surface area is 210 Å². The number of rotatable bonds is 3. The van der Waals surface area contributed by atoms with Gasteiger partial charge in [0.25, 0.3) is 5.91 Å². The van der Waals surface area contributed by atoms with Crippen molar-refractivity contribution in [2.75, 3.05) is 24.5 Å². The number of piperazine rings is 1. The average molecular weight is 483 g/mol. The number of aromatic nitrogens is 2. The van der Waals surface area contributed by atoms with E-state index in [2.05, 4.69) is 85.0 Å². The zero-order valence-electron chi connectivity index (χ0n) is 20.5. The summed E-state index contributed by atoms with van der Waals surface area (Å²) in [4.78, 5) is 20.1. The van der Waals surface area contributed by atoms with Crippen LogP contribution in [0.1, 0.15) is 39.1 Å². The van der Waals surface area contributed by atoms with Crippen LogP contribution < -0.4 is 4.90 Å². The molecule has 1 aliphatic carbocycles. The Hall–Kier alpha value is -3.38. The molecule has 0 spiro atoms. The summed E-state index contributed by atoms with van der Waals surface area (Å²) < 4.78 is 2.08. The molecule has 0 bridgehead atoms. The lowest BCUT2D eigenvalue weighted by atomic mass is 9.95. The highest BCUT2D eigenvalue weighted by Gasteiger charge is 2.31. The van der Waals surface area contributed by atoms with Gasteiger partial charge in [-0.2, -0.15) is 5.10 Å². The summed E-state index contributed by atoms with van der Waals surface area (Å²) >= 11 is 1.64. The fourth-order valence-corrected chi connectivity index (χ4v) is 6.85. The zero-order valence-corrected chi connectivity index (χ0v) is 21.3. The molecule has 2 aromatic carbocycles. The molecule has 1 saturated heterocycles. The highest BCUT2D eigenvalue weighted by Crippen LogP contribution is 2.42. The smallest absolute Gasteiger partial charge is 0.264 e. The average Bonchev–Trinajstić information content (AvgIpc) is 3.45. The summed E-state index contributed by atoms with van der Waals surface area (Å²) in [5.41, 5.74) is 8.39. The highest BCUT2D eigenvalue weighted by molar-refractivity contribution is 7.17. The predicted molar refractivity (Wildman–Crippen MR) is 143 cm³/mol. The van der Waals surface area contributed by atoms with Gasteiger partial charge in [0.1, 0.15) is 0 Å². The summed E-state index contributed by atoms with van der Waals surface area (Å²) in [6.45, 7) is 8.77. The second kappa shape index (κ2) is 8.68. The minimum atomic E-state index is 0.162. The number of carbonyl (C=O) groups is 1. The molecule has 178 valence electrons. The molecule has 0 unspecified atom stereocenters. The van der Waals surface area contributed by atoms with Crippen LogP contribution in [0.15, 0.2) is 60.7 Å². The Balaban J connectivity index is 1.25. The minimum absolute atomic E-state index is 0.162. The first-order chi connectivity index (χ1) is 17.0. The molecule has 0 saturated carbocycles. The maximum Gasteiger partial charge on any atom is 0.264 e. The molecule has 35 heavy (non-hydrogen) atoms. The number of hydrogen-bond acceptors (Lipinski definition) is 4. The van der Waals surface area contributed by atoms with E-state index < -0.39 is 0 Å². The fraction of sp³-hybridized carbons (Fsp3) is 0.310. The number of amides is 1. The lowest BCUT2D eigenvalue weighted by Gasteiger charge is -2.41. The summed E-state index contributed by atoms with van der Waals surface area (Å²) in [5, 5.41) is 4.88. The quantitative estimate of drug-likeness (QED) is 0.378. The Bertz CT molecular complexity index is 1400. The molecule has 1 fully saturated rings. The topological polar surface area (TPSA) is 41.4 Å². The maximum atomic E-state index is 13.6. The Morgan fingerprint density at radius 2 is 1.77 bits per heavy atom. The molecule has 2 aromatic heterocycles. The highest BCUT2D eigenvalue weighted by atomic mass is 32.1. The van der Waals surface area contributed by atoms with Crippen LogP contribution in [0.3, 0.4) is 0 Å². The van der Waals surface area contributed by atoms with Crippen molar-refractivity contribution < 1.29 is 4.79 Å². The van der Waals surface area contributed by atoms with Crippen molar-refractivity contribution in [1.29, 1.82) is 0 Å². The van der Waals surface area contributed by atoms with E-state index in [0.29, 0.717) is 0 Å². The first kappa shape index (κ1) is 22.1. The molecule has 1 aliphatic heterocycles. The summed E-state index contributed by atoms with van der Waals surface area (Å²) in [6.07, 6.45) is 1.89. The molecular weight excluding hydrogens is 452 g/mol. The van der Waals surface area contributed by atoms with Crippen LogP contribution in [0.5, 0.6) is 0 Å². The predicted octanol–water partition coefficient (Wildman–Crippen LogP) is 5.67. The monoisotopic (exact) mass is 482 g/mol. The van der Waals surface area contributed by atoms with Gasteiger partial charge in [0.2, 0.25) is 0 Å². The molecule has 1 atom stereocenters. The van der Waals surface area contributed by atoms with Crippen LogP contribution in [0.4, 0.5) is 5.69 Å². The molecule has 0 radical (unpaired) electrons. The number of hydrogen-bond donors (Lipinski definition) is 0. The van der Waals surface area contributed by atoms with Crippen molar-refractivity contribution in [1.82, 2.24) is 14.7 Å². The molecule has 4 aromatic rings. The van der Waals surface area contributed by atoms with E-state index in [4.69, 9.17) is 5.10 Å². The van der Waals surface area contributed by atoms with E-state index in [1.54, 1.807) is 11.3 Å². The van der Waals surface area contributed by atoms with Crippen LogP contribution >= 0.6 is 11.3 Å². The second-order valence-corrected chi connectivity index (χ2v) is 10.8. The van der Waals surface area contributed by atoms with Crippen molar-refractivity contribution in [3.05, 3.63) is 88.1 Å². The van der Waals surface area contributed by atoms with Crippen molar-refractivity contribution in [3.8, 4) is 16.1 Å². The molecule has 6 heteroatoms. The number of anilines is 1.